The number of thiophene rings is 1. The summed E-state index contributed by atoms with van der Waals surface area (Å²) >= 11 is 2.94. The molecule has 0 unspecified atom stereocenters. The van der Waals surface area contributed by atoms with Crippen LogP contribution in [-0.4, -0.2) is 26.1 Å². The van der Waals surface area contributed by atoms with Crippen molar-refractivity contribution < 1.29 is 4.79 Å². The van der Waals surface area contributed by atoms with Gasteiger partial charge >= 0.3 is 0 Å². The van der Waals surface area contributed by atoms with Crippen LogP contribution in [0.1, 0.15) is 23.2 Å². The van der Waals surface area contributed by atoms with Gasteiger partial charge in [-0.25, -0.2) is 9.97 Å². The van der Waals surface area contributed by atoms with Crippen LogP contribution in [0.2, 0.25) is 0 Å². The van der Waals surface area contributed by atoms with Crippen molar-refractivity contribution >= 4 is 45.0 Å². The first kappa shape index (κ1) is 17.6. The van der Waals surface area contributed by atoms with Gasteiger partial charge in [-0.1, -0.05) is 6.07 Å². The summed E-state index contributed by atoms with van der Waals surface area (Å²) in [4.78, 5) is 37.7. The molecular formula is C17H18N4O2S2. The van der Waals surface area contributed by atoms with Gasteiger partial charge in [-0.2, -0.15) is 0 Å². The maximum atomic E-state index is 12.3. The van der Waals surface area contributed by atoms with Gasteiger partial charge in [-0.3, -0.25) is 9.59 Å². The number of aryl methyl sites for hydroxylation is 2. The molecule has 0 fully saturated rings. The number of rotatable bonds is 5. The number of amides is 1. The molecule has 1 amide bonds. The molecule has 8 heteroatoms. The number of fused-ring (bicyclic) bond motifs is 1. The van der Waals surface area contributed by atoms with Gasteiger partial charge in [0.05, 0.1) is 16.4 Å². The van der Waals surface area contributed by atoms with Crippen LogP contribution in [0.3, 0.4) is 0 Å². The van der Waals surface area contributed by atoms with Crippen molar-refractivity contribution in [3.63, 3.8) is 0 Å². The Bertz CT molecular complexity index is 966. The highest BCUT2D eigenvalue weighted by Gasteiger charge is 2.16. The van der Waals surface area contributed by atoms with Gasteiger partial charge in [0.15, 0.2) is 0 Å². The Morgan fingerprint density at radius 3 is 2.92 bits per heavy atom. The van der Waals surface area contributed by atoms with Crippen molar-refractivity contribution in [2.75, 3.05) is 5.32 Å². The SMILES string of the molecule is Cc1sc2nc(CS[C@H](C)C(=O)Nc3ccccn3)[nH]c(=O)c2c1C. The zero-order valence-electron chi connectivity index (χ0n) is 14.1. The predicted molar refractivity (Wildman–Crippen MR) is 103 cm³/mol. The zero-order chi connectivity index (χ0) is 18.0. The Hall–Kier alpha value is -2.19. The lowest BCUT2D eigenvalue weighted by molar-refractivity contribution is -0.115. The molecule has 0 aliphatic carbocycles. The third-order valence-corrected chi connectivity index (χ3v) is 6.10. The van der Waals surface area contributed by atoms with E-state index in [-0.39, 0.29) is 16.7 Å². The molecule has 0 bridgehead atoms. The van der Waals surface area contributed by atoms with E-state index >= 15 is 0 Å². The Morgan fingerprint density at radius 2 is 2.20 bits per heavy atom. The molecule has 130 valence electrons. The molecule has 0 aromatic carbocycles. The number of hydrogen-bond donors (Lipinski definition) is 2. The number of pyridine rings is 1. The summed E-state index contributed by atoms with van der Waals surface area (Å²) in [6.45, 7) is 5.74. The van der Waals surface area contributed by atoms with Gasteiger partial charge in [0.25, 0.3) is 5.56 Å². The van der Waals surface area contributed by atoms with E-state index in [0.717, 1.165) is 15.3 Å². The van der Waals surface area contributed by atoms with Crippen LogP contribution >= 0.6 is 23.1 Å². The molecule has 0 saturated carbocycles. The van der Waals surface area contributed by atoms with E-state index in [9.17, 15) is 9.59 Å². The first-order chi connectivity index (χ1) is 12.0. The van der Waals surface area contributed by atoms with Crippen molar-refractivity contribution in [3.8, 4) is 0 Å². The molecule has 0 aliphatic rings. The van der Waals surface area contributed by atoms with E-state index in [4.69, 9.17) is 0 Å². The first-order valence-corrected chi connectivity index (χ1v) is 9.64. The summed E-state index contributed by atoms with van der Waals surface area (Å²) in [5.41, 5.74) is 0.865. The van der Waals surface area contributed by atoms with Gasteiger partial charge in [0, 0.05) is 11.1 Å². The van der Waals surface area contributed by atoms with Crippen LogP contribution in [0.4, 0.5) is 5.82 Å². The molecule has 3 aromatic rings. The second kappa shape index (κ2) is 7.37. The van der Waals surface area contributed by atoms with Crippen molar-refractivity contribution in [1.29, 1.82) is 0 Å². The fourth-order valence-corrected chi connectivity index (χ4v) is 4.12. The van der Waals surface area contributed by atoms with Crippen LogP contribution in [-0.2, 0) is 10.5 Å². The molecule has 25 heavy (non-hydrogen) atoms. The summed E-state index contributed by atoms with van der Waals surface area (Å²) in [5.74, 6) is 1.44. The molecule has 6 nitrogen and oxygen atoms in total. The van der Waals surface area contributed by atoms with Crippen LogP contribution in [0.25, 0.3) is 10.2 Å². The zero-order valence-corrected chi connectivity index (χ0v) is 15.8. The molecule has 2 N–H and O–H groups in total. The van der Waals surface area contributed by atoms with Gasteiger partial charge in [0.2, 0.25) is 5.91 Å². The molecule has 3 aromatic heterocycles. The van der Waals surface area contributed by atoms with E-state index in [1.54, 1.807) is 18.3 Å². The topological polar surface area (TPSA) is 87.7 Å². The van der Waals surface area contributed by atoms with Crippen molar-refractivity contribution in [2.24, 2.45) is 0 Å². The van der Waals surface area contributed by atoms with E-state index in [0.29, 0.717) is 22.8 Å². The van der Waals surface area contributed by atoms with Crippen LogP contribution in [0.15, 0.2) is 29.2 Å². The highest BCUT2D eigenvalue weighted by Crippen LogP contribution is 2.26. The number of H-pyrrole nitrogens is 1. The van der Waals surface area contributed by atoms with Crippen molar-refractivity contribution in [2.45, 2.75) is 31.8 Å². The summed E-state index contributed by atoms with van der Waals surface area (Å²) in [7, 11) is 0. The van der Waals surface area contributed by atoms with Crippen molar-refractivity contribution in [1.82, 2.24) is 15.0 Å². The Kier molecular flexibility index (Phi) is 5.19. The molecular weight excluding hydrogens is 356 g/mol. The molecule has 0 radical (unpaired) electrons. The van der Waals surface area contributed by atoms with Gasteiger partial charge in [0.1, 0.15) is 16.5 Å². The minimum atomic E-state index is -0.296. The van der Waals surface area contributed by atoms with Gasteiger partial charge in [-0.05, 0) is 38.5 Å². The lowest BCUT2D eigenvalue weighted by Gasteiger charge is -2.11. The normalized spacial score (nSPS) is 12.3. The maximum absolute atomic E-state index is 12.3. The van der Waals surface area contributed by atoms with Gasteiger partial charge in [-0.15, -0.1) is 23.1 Å². The highest BCUT2D eigenvalue weighted by atomic mass is 32.2. The number of nitrogens with zero attached hydrogens (tertiary/aromatic N) is 2. The van der Waals surface area contributed by atoms with Crippen molar-refractivity contribution in [3.05, 3.63) is 51.0 Å². The number of nitrogens with one attached hydrogen (secondary N) is 2. The lowest BCUT2D eigenvalue weighted by atomic mass is 10.2. The summed E-state index contributed by atoms with van der Waals surface area (Å²) in [5, 5.41) is 3.14. The third kappa shape index (κ3) is 3.91. The molecule has 0 saturated heterocycles. The van der Waals surface area contributed by atoms with E-state index in [2.05, 4.69) is 20.3 Å². The first-order valence-electron chi connectivity index (χ1n) is 7.78. The number of anilines is 1. The molecule has 3 rings (SSSR count). The van der Waals surface area contributed by atoms with E-state index < -0.39 is 0 Å². The number of hydrogen-bond acceptors (Lipinski definition) is 6. The highest BCUT2D eigenvalue weighted by molar-refractivity contribution is 7.99. The largest absolute Gasteiger partial charge is 0.310 e. The minimum Gasteiger partial charge on any atom is -0.310 e. The monoisotopic (exact) mass is 374 g/mol. The summed E-state index contributed by atoms with van der Waals surface area (Å²) in [6.07, 6.45) is 1.63. The average molecular weight is 374 g/mol. The Balaban J connectivity index is 1.68. The lowest BCUT2D eigenvalue weighted by Crippen LogP contribution is -2.23. The van der Waals surface area contributed by atoms with E-state index in [1.807, 2.05) is 26.8 Å². The standard InChI is InChI=1S/C17H18N4O2S2/c1-9-10(2)25-17-14(9)16(23)20-13(21-17)8-24-11(3)15(22)19-12-6-4-5-7-18-12/h4-7,11H,8H2,1-3H3,(H,18,19,22)(H,20,21,23)/t11-/m1/s1. The average Bonchev–Trinajstić information content (AvgIpc) is 2.88. The molecule has 3 heterocycles. The fraction of sp³-hybridized carbons (Fsp3) is 0.294. The fourth-order valence-electron chi connectivity index (χ4n) is 2.31. The number of aromatic nitrogens is 3. The third-order valence-electron chi connectivity index (χ3n) is 3.84. The Morgan fingerprint density at radius 1 is 1.40 bits per heavy atom. The second-order valence-electron chi connectivity index (χ2n) is 5.63. The predicted octanol–water partition coefficient (Wildman–Crippen LogP) is 3.26. The van der Waals surface area contributed by atoms with E-state index in [1.165, 1.54) is 23.1 Å². The molecule has 0 aliphatic heterocycles. The summed E-state index contributed by atoms with van der Waals surface area (Å²) < 4.78 is 0. The maximum Gasteiger partial charge on any atom is 0.259 e. The summed E-state index contributed by atoms with van der Waals surface area (Å²) in [6, 6.07) is 5.35. The second-order valence-corrected chi connectivity index (χ2v) is 8.17. The van der Waals surface area contributed by atoms with Gasteiger partial charge < -0.3 is 10.3 Å². The van der Waals surface area contributed by atoms with Crippen LogP contribution < -0.4 is 10.9 Å². The number of thioether (sulfide) groups is 1. The van der Waals surface area contributed by atoms with Crippen LogP contribution in [0.5, 0.6) is 0 Å². The van der Waals surface area contributed by atoms with Crippen LogP contribution in [0, 0.1) is 13.8 Å². The minimum absolute atomic E-state index is 0.118. The number of carbonyl (C=O) groups is 1. The Labute approximate surface area is 153 Å². The smallest absolute Gasteiger partial charge is 0.259 e. The number of aromatic amines is 1. The number of carbonyl (C=O) groups excluding carboxylic acids is 1. The quantitative estimate of drug-likeness (QED) is 0.716. The molecule has 0 spiro atoms. The molecule has 1 atom stereocenters.